The fraction of sp³-hybridized carbons (Fsp3) is 0.780. The van der Waals surface area contributed by atoms with E-state index in [1.165, 1.54) is 154 Å². The monoisotopic (exact) mass is 909 g/mol. The average Bonchev–Trinajstić information content (AvgIpc) is 3.30. The van der Waals surface area contributed by atoms with E-state index in [0.29, 0.717) is 19.3 Å². The van der Waals surface area contributed by atoms with Crippen LogP contribution >= 0.6 is 0 Å². The van der Waals surface area contributed by atoms with Crippen molar-refractivity contribution >= 4 is 17.9 Å². The number of ether oxygens (including phenoxy) is 3. The van der Waals surface area contributed by atoms with Gasteiger partial charge in [-0.25, -0.2) is 0 Å². The van der Waals surface area contributed by atoms with Gasteiger partial charge in [0.1, 0.15) is 13.2 Å². The molecule has 1 atom stereocenters. The summed E-state index contributed by atoms with van der Waals surface area (Å²) < 4.78 is 16.8. The van der Waals surface area contributed by atoms with E-state index in [9.17, 15) is 14.4 Å². The summed E-state index contributed by atoms with van der Waals surface area (Å²) in [5, 5.41) is 0. The van der Waals surface area contributed by atoms with E-state index in [2.05, 4.69) is 57.2 Å². The molecule has 0 spiro atoms. The molecular formula is C59H104O6. The molecule has 0 aromatic heterocycles. The molecule has 6 nitrogen and oxygen atoms in total. The molecule has 0 N–H and O–H groups in total. The molecule has 0 aliphatic carbocycles. The van der Waals surface area contributed by atoms with Crippen molar-refractivity contribution in [1.82, 2.24) is 0 Å². The van der Waals surface area contributed by atoms with Crippen LogP contribution in [0.5, 0.6) is 0 Å². The van der Waals surface area contributed by atoms with Crippen molar-refractivity contribution in [3.8, 4) is 0 Å². The zero-order chi connectivity index (χ0) is 47.2. The van der Waals surface area contributed by atoms with E-state index in [1.807, 2.05) is 24.3 Å². The lowest BCUT2D eigenvalue weighted by molar-refractivity contribution is -0.167. The first-order valence-corrected chi connectivity index (χ1v) is 27.9. The Morgan fingerprint density at radius 1 is 0.308 bits per heavy atom. The third kappa shape index (κ3) is 51.9. The summed E-state index contributed by atoms with van der Waals surface area (Å²) in [5.74, 6) is -0.897. The molecule has 1 unspecified atom stereocenters. The lowest BCUT2D eigenvalue weighted by Gasteiger charge is -2.18. The molecule has 0 aromatic carbocycles. The van der Waals surface area contributed by atoms with Crippen LogP contribution in [0, 0.1) is 0 Å². The van der Waals surface area contributed by atoms with Crippen LogP contribution < -0.4 is 0 Å². The Morgan fingerprint density at radius 2 is 0.585 bits per heavy atom. The van der Waals surface area contributed by atoms with Gasteiger partial charge in [-0.2, -0.15) is 0 Å². The molecule has 0 aliphatic heterocycles. The van der Waals surface area contributed by atoms with Crippen molar-refractivity contribution < 1.29 is 28.6 Å². The summed E-state index contributed by atoms with van der Waals surface area (Å²) in [4.78, 5) is 38.0. The topological polar surface area (TPSA) is 78.9 Å². The summed E-state index contributed by atoms with van der Waals surface area (Å²) >= 11 is 0. The number of unbranched alkanes of at least 4 members (excludes halogenated alkanes) is 33. The maximum Gasteiger partial charge on any atom is 0.306 e. The number of rotatable bonds is 50. The molecule has 376 valence electrons. The molecule has 65 heavy (non-hydrogen) atoms. The van der Waals surface area contributed by atoms with Crippen molar-refractivity contribution in [3.63, 3.8) is 0 Å². The second kappa shape index (κ2) is 53.7. The van der Waals surface area contributed by atoms with Crippen molar-refractivity contribution in [3.05, 3.63) is 60.8 Å². The Kier molecular flexibility index (Phi) is 51.3. The number of esters is 3. The molecule has 0 rings (SSSR count). The van der Waals surface area contributed by atoms with Gasteiger partial charge in [0.15, 0.2) is 6.10 Å². The van der Waals surface area contributed by atoms with Crippen LogP contribution in [-0.2, 0) is 28.6 Å². The molecule has 0 fully saturated rings. The SMILES string of the molecule is CCC\C=C/C=C\C=C/C=C\C=C/CCCCCCCC(=O)OC(COC(=O)CCCCCCCCCCCC)COC(=O)CCCCCCCCCCCCCCCCCCCCC. The first-order chi connectivity index (χ1) is 32.0. The molecule has 0 aliphatic rings. The summed E-state index contributed by atoms with van der Waals surface area (Å²) in [6, 6.07) is 0. The molecule has 0 heterocycles. The highest BCUT2D eigenvalue weighted by Crippen LogP contribution is 2.16. The summed E-state index contributed by atoms with van der Waals surface area (Å²) in [6.45, 7) is 6.54. The fourth-order valence-corrected chi connectivity index (χ4v) is 7.94. The summed E-state index contributed by atoms with van der Waals surface area (Å²) in [7, 11) is 0. The maximum absolute atomic E-state index is 12.8. The molecule has 0 radical (unpaired) electrons. The molecule has 6 heteroatoms. The third-order valence-electron chi connectivity index (χ3n) is 12.1. The maximum atomic E-state index is 12.8. The van der Waals surface area contributed by atoms with Crippen LogP contribution in [0.15, 0.2) is 60.8 Å². The van der Waals surface area contributed by atoms with Gasteiger partial charge in [0.2, 0.25) is 0 Å². The van der Waals surface area contributed by atoms with E-state index in [1.54, 1.807) is 0 Å². The minimum Gasteiger partial charge on any atom is -0.462 e. The van der Waals surface area contributed by atoms with Crippen molar-refractivity contribution in [2.24, 2.45) is 0 Å². The quantitative estimate of drug-likeness (QED) is 0.0262. The van der Waals surface area contributed by atoms with E-state index in [4.69, 9.17) is 14.2 Å². The lowest BCUT2D eigenvalue weighted by Crippen LogP contribution is -2.30. The first kappa shape index (κ1) is 62.1. The van der Waals surface area contributed by atoms with Gasteiger partial charge in [-0.05, 0) is 38.5 Å². The molecule has 0 aromatic rings. The normalized spacial score (nSPS) is 12.5. The second-order valence-corrected chi connectivity index (χ2v) is 18.6. The highest BCUT2D eigenvalue weighted by molar-refractivity contribution is 5.71. The number of carbonyl (C=O) groups is 3. The smallest absolute Gasteiger partial charge is 0.306 e. The van der Waals surface area contributed by atoms with Crippen molar-refractivity contribution in [2.75, 3.05) is 13.2 Å². The molecule has 0 bridgehead atoms. The molecule has 0 saturated heterocycles. The van der Waals surface area contributed by atoms with E-state index in [0.717, 1.165) is 83.5 Å². The van der Waals surface area contributed by atoms with Gasteiger partial charge in [-0.15, -0.1) is 0 Å². The van der Waals surface area contributed by atoms with E-state index in [-0.39, 0.29) is 31.1 Å². The van der Waals surface area contributed by atoms with E-state index >= 15 is 0 Å². The van der Waals surface area contributed by atoms with Crippen LogP contribution in [0.4, 0.5) is 0 Å². The van der Waals surface area contributed by atoms with E-state index < -0.39 is 6.10 Å². The summed E-state index contributed by atoms with van der Waals surface area (Å²) in [5.41, 5.74) is 0. The highest BCUT2D eigenvalue weighted by Gasteiger charge is 2.19. The lowest BCUT2D eigenvalue weighted by atomic mass is 10.0. The van der Waals surface area contributed by atoms with Crippen LogP contribution in [0.1, 0.15) is 278 Å². The van der Waals surface area contributed by atoms with Crippen LogP contribution in [0.25, 0.3) is 0 Å². The third-order valence-corrected chi connectivity index (χ3v) is 12.1. The predicted molar refractivity (Wildman–Crippen MR) is 279 cm³/mol. The first-order valence-electron chi connectivity index (χ1n) is 27.9. The number of hydrogen-bond donors (Lipinski definition) is 0. The zero-order valence-corrected chi connectivity index (χ0v) is 43.0. The second-order valence-electron chi connectivity index (χ2n) is 18.6. The fourth-order valence-electron chi connectivity index (χ4n) is 7.94. The molecule has 0 saturated carbocycles. The standard InChI is InChI=1S/C59H104O6/c1-4-7-10-13-16-19-22-24-26-28-30-32-33-35-37-40-43-46-49-52-58(61)64-55-56(54-63-57(60)51-48-45-42-39-21-18-15-12-9-6-3)65-59(62)53-50-47-44-41-38-36-34-31-29-27-25-23-20-17-14-11-8-5-2/h11,14,17,20,23,25,27,29,31,34,56H,4-10,12-13,15-16,18-19,21-22,24,26,28,30,32-33,35-55H2,1-3H3/b14-11-,20-17-,25-23-,29-27-,34-31-. The Balaban J connectivity index is 4.34. The van der Waals surface area contributed by atoms with Gasteiger partial charge in [0, 0.05) is 19.3 Å². The van der Waals surface area contributed by atoms with Gasteiger partial charge in [0.25, 0.3) is 0 Å². The van der Waals surface area contributed by atoms with Gasteiger partial charge in [-0.3, -0.25) is 14.4 Å². The Bertz CT molecular complexity index is 1180. The number of carbonyl (C=O) groups excluding carboxylic acids is 3. The van der Waals surface area contributed by atoms with Crippen LogP contribution in [0.3, 0.4) is 0 Å². The van der Waals surface area contributed by atoms with Crippen molar-refractivity contribution in [1.29, 1.82) is 0 Å². The Labute approximate surface area is 402 Å². The van der Waals surface area contributed by atoms with Gasteiger partial charge in [-0.1, -0.05) is 281 Å². The number of allylic oxidation sites excluding steroid dienone is 10. The summed E-state index contributed by atoms with van der Waals surface area (Å²) in [6.07, 6.45) is 66.3. The van der Waals surface area contributed by atoms with Crippen LogP contribution in [0.2, 0.25) is 0 Å². The van der Waals surface area contributed by atoms with Gasteiger partial charge < -0.3 is 14.2 Å². The molecular weight excluding hydrogens is 805 g/mol. The Hall–Kier alpha value is -2.89. The molecule has 0 amide bonds. The highest BCUT2D eigenvalue weighted by atomic mass is 16.6. The van der Waals surface area contributed by atoms with Crippen LogP contribution in [-0.4, -0.2) is 37.2 Å². The van der Waals surface area contributed by atoms with Crippen molar-refractivity contribution in [2.45, 2.75) is 284 Å². The minimum absolute atomic E-state index is 0.0814. The van der Waals surface area contributed by atoms with Gasteiger partial charge in [0.05, 0.1) is 0 Å². The average molecular weight is 909 g/mol. The van der Waals surface area contributed by atoms with Gasteiger partial charge >= 0.3 is 17.9 Å². The zero-order valence-electron chi connectivity index (χ0n) is 43.0. The Morgan fingerprint density at radius 3 is 0.923 bits per heavy atom. The minimum atomic E-state index is -0.784. The largest absolute Gasteiger partial charge is 0.462 e. The predicted octanol–water partition coefficient (Wildman–Crippen LogP) is 18.4. The number of hydrogen-bond acceptors (Lipinski definition) is 6.